The standard InChI is InChI=1S/C20H24O2/c1-6-8-19(15-17(4)21-5)18-10-12-20(13-11-18)22-14-7-9-16(2)3/h7,9-13,19H,2,4,14-15H2,1,3,5H3/b9-7+. The molecule has 0 aliphatic carbocycles. The second-order valence-corrected chi connectivity index (χ2v) is 5.02. The van der Waals surface area contributed by atoms with Crippen molar-refractivity contribution in [3.05, 3.63) is 66.5 Å². The first-order valence-corrected chi connectivity index (χ1v) is 7.25. The van der Waals surface area contributed by atoms with Crippen LogP contribution >= 0.6 is 0 Å². The molecule has 0 aliphatic heterocycles. The smallest absolute Gasteiger partial charge is 0.119 e. The van der Waals surface area contributed by atoms with Gasteiger partial charge >= 0.3 is 0 Å². The maximum atomic E-state index is 5.65. The van der Waals surface area contributed by atoms with Crippen molar-refractivity contribution in [3.63, 3.8) is 0 Å². The summed E-state index contributed by atoms with van der Waals surface area (Å²) in [4.78, 5) is 0. The van der Waals surface area contributed by atoms with Gasteiger partial charge in [-0.1, -0.05) is 42.9 Å². The molecule has 0 saturated heterocycles. The Kier molecular flexibility index (Phi) is 7.64. The maximum absolute atomic E-state index is 5.65. The molecule has 22 heavy (non-hydrogen) atoms. The van der Waals surface area contributed by atoms with Gasteiger partial charge in [-0.05, 0) is 37.6 Å². The number of methoxy groups -OCH3 is 1. The SMILES string of the molecule is C=C(C)/C=C/COc1ccc(C(C#CC)CC(=C)OC)cc1. The van der Waals surface area contributed by atoms with Crippen molar-refractivity contribution in [2.45, 2.75) is 26.2 Å². The van der Waals surface area contributed by atoms with E-state index in [1.165, 1.54) is 0 Å². The average Bonchev–Trinajstić information content (AvgIpc) is 2.51. The van der Waals surface area contributed by atoms with E-state index in [9.17, 15) is 0 Å². The van der Waals surface area contributed by atoms with Crippen molar-refractivity contribution in [2.75, 3.05) is 13.7 Å². The number of hydrogen-bond donors (Lipinski definition) is 0. The van der Waals surface area contributed by atoms with Gasteiger partial charge in [0.15, 0.2) is 0 Å². The first-order valence-electron chi connectivity index (χ1n) is 7.25. The molecule has 0 aliphatic rings. The molecule has 1 aromatic rings. The molecule has 0 fully saturated rings. The van der Waals surface area contributed by atoms with Gasteiger partial charge < -0.3 is 9.47 Å². The number of rotatable bonds is 8. The molecular formula is C20H24O2. The second kappa shape index (κ2) is 9.52. The van der Waals surface area contributed by atoms with Crippen molar-refractivity contribution in [3.8, 4) is 17.6 Å². The van der Waals surface area contributed by atoms with Gasteiger partial charge in [0.05, 0.1) is 18.8 Å². The van der Waals surface area contributed by atoms with E-state index >= 15 is 0 Å². The lowest BCUT2D eigenvalue weighted by Gasteiger charge is -2.13. The van der Waals surface area contributed by atoms with Crippen LogP contribution in [0.25, 0.3) is 0 Å². The average molecular weight is 296 g/mol. The summed E-state index contributed by atoms with van der Waals surface area (Å²) in [6, 6.07) is 8.00. The van der Waals surface area contributed by atoms with Crippen LogP contribution in [0.3, 0.4) is 0 Å². The summed E-state index contributed by atoms with van der Waals surface area (Å²) in [5.74, 6) is 7.83. The Morgan fingerprint density at radius 1 is 1.27 bits per heavy atom. The molecule has 1 unspecified atom stereocenters. The zero-order chi connectivity index (χ0) is 16.4. The summed E-state index contributed by atoms with van der Waals surface area (Å²) in [7, 11) is 1.63. The molecule has 0 saturated carbocycles. The van der Waals surface area contributed by atoms with Crippen molar-refractivity contribution in [2.24, 2.45) is 0 Å². The predicted molar refractivity (Wildman–Crippen MR) is 92.8 cm³/mol. The second-order valence-electron chi connectivity index (χ2n) is 5.02. The number of allylic oxidation sites excluding steroid dienone is 3. The highest BCUT2D eigenvalue weighted by atomic mass is 16.5. The third-order valence-corrected chi connectivity index (χ3v) is 3.07. The van der Waals surface area contributed by atoms with Crippen molar-refractivity contribution in [1.82, 2.24) is 0 Å². The van der Waals surface area contributed by atoms with Crippen molar-refractivity contribution < 1.29 is 9.47 Å². The fraction of sp³-hybridized carbons (Fsp3) is 0.300. The molecule has 0 bridgehead atoms. The first-order chi connectivity index (χ1) is 10.6. The summed E-state index contributed by atoms with van der Waals surface area (Å²) in [6.07, 6.45) is 4.58. The van der Waals surface area contributed by atoms with E-state index < -0.39 is 0 Å². The molecule has 1 aromatic carbocycles. The van der Waals surface area contributed by atoms with Crippen LogP contribution in [0.4, 0.5) is 0 Å². The first kappa shape index (κ1) is 17.7. The Hall–Kier alpha value is -2.40. The zero-order valence-electron chi connectivity index (χ0n) is 13.7. The van der Waals surface area contributed by atoms with Crippen LogP contribution in [-0.4, -0.2) is 13.7 Å². The van der Waals surface area contributed by atoms with Crippen LogP contribution in [0.5, 0.6) is 5.75 Å². The van der Waals surface area contributed by atoms with Gasteiger partial charge in [-0.3, -0.25) is 0 Å². The summed E-state index contributed by atoms with van der Waals surface area (Å²) in [5, 5.41) is 0. The van der Waals surface area contributed by atoms with Crippen LogP contribution < -0.4 is 4.74 Å². The molecule has 0 radical (unpaired) electrons. The predicted octanol–water partition coefficient (Wildman–Crippen LogP) is 4.85. The van der Waals surface area contributed by atoms with E-state index in [2.05, 4.69) is 25.0 Å². The van der Waals surface area contributed by atoms with Crippen LogP contribution in [0.2, 0.25) is 0 Å². The molecule has 0 spiro atoms. The van der Waals surface area contributed by atoms with Gasteiger partial charge in [0.2, 0.25) is 0 Å². The third-order valence-electron chi connectivity index (χ3n) is 3.07. The Morgan fingerprint density at radius 2 is 1.95 bits per heavy atom. The van der Waals surface area contributed by atoms with Crippen LogP contribution in [0.15, 0.2) is 60.9 Å². The zero-order valence-corrected chi connectivity index (χ0v) is 13.7. The number of benzene rings is 1. The molecule has 1 rings (SSSR count). The van der Waals surface area contributed by atoms with E-state index in [0.717, 1.165) is 22.6 Å². The topological polar surface area (TPSA) is 18.5 Å². The molecule has 0 heterocycles. The van der Waals surface area contributed by atoms with Gasteiger partial charge in [0.1, 0.15) is 12.4 Å². The molecule has 0 aromatic heterocycles. The Labute approximate surface area is 134 Å². The van der Waals surface area contributed by atoms with E-state index in [-0.39, 0.29) is 5.92 Å². The van der Waals surface area contributed by atoms with Crippen molar-refractivity contribution in [1.29, 1.82) is 0 Å². The van der Waals surface area contributed by atoms with E-state index in [4.69, 9.17) is 9.47 Å². The Bertz CT molecular complexity index is 582. The van der Waals surface area contributed by atoms with E-state index in [0.29, 0.717) is 13.0 Å². The Balaban J connectivity index is 2.69. The van der Waals surface area contributed by atoms with Crippen LogP contribution in [0.1, 0.15) is 31.7 Å². The molecule has 2 heteroatoms. The summed E-state index contributed by atoms with van der Waals surface area (Å²) in [5.41, 5.74) is 2.15. The van der Waals surface area contributed by atoms with E-state index in [1.54, 1.807) is 7.11 Å². The van der Waals surface area contributed by atoms with Gasteiger partial charge in [-0.2, -0.15) is 0 Å². The van der Waals surface area contributed by atoms with Crippen molar-refractivity contribution >= 4 is 0 Å². The summed E-state index contributed by atoms with van der Waals surface area (Å²) >= 11 is 0. The fourth-order valence-electron chi connectivity index (χ4n) is 1.93. The van der Waals surface area contributed by atoms with E-state index in [1.807, 2.05) is 50.3 Å². The third kappa shape index (κ3) is 6.37. The minimum Gasteiger partial charge on any atom is -0.502 e. The quantitative estimate of drug-likeness (QED) is 0.388. The molecular weight excluding hydrogens is 272 g/mol. The number of hydrogen-bond acceptors (Lipinski definition) is 2. The monoisotopic (exact) mass is 296 g/mol. The fourth-order valence-corrected chi connectivity index (χ4v) is 1.93. The Morgan fingerprint density at radius 3 is 2.50 bits per heavy atom. The normalized spacial score (nSPS) is 11.4. The van der Waals surface area contributed by atoms with Gasteiger partial charge in [0.25, 0.3) is 0 Å². The van der Waals surface area contributed by atoms with Gasteiger partial charge in [0, 0.05) is 6.42 Å². The van der Waals surface area contributed by atoms with Crippen LogP contribution in [0, 0.1) is 11.8 Å². The maximum Gasteiger partial charge on any atom is 0.119 e. The molecule has 0 amide bonds. The van der Waals surface area contributed by atoms with Gasteiger partial charge in [-0.25, -0.2) is 0 Å². The minimum atomic E-state index is 0.0924. The highest BCUT2D eigenvalue weighted by molar-refractivity contribution is 5.34. The minimum absolute atomic E-state index is 0.0924. The molecule has 116 valence electrons. The highest BCUT2D eigenvalue weighted by Crippen LogP contribution is 2.24. The lowest BCUT2D eigenvalue weighted by atomic mass is 9.95. The largest absolute Gasteiger partial charge is 0.502 e. The molecule has 0 N–H and O–H groups in total. The summed E-state index contributed by atoms with van der Waals surface area (Å²) < 4.78 is 10.8. The summed E-state index contributed by atoms with van der Waals surface area (Å²) in [6.45, 7) is 12.0. The highest BCUT2D eigenvalue weighted by Gasteiger charge is 2.10. The number of ether oxygens (including phenoxy) is 2. The lowest BCUT2D eigenvalue weighted by Crippen LogP contribution is -2.00. The lowest BCUT2D eigenvalue weighted by molar-refractivity contribution is 0.276. The molecule has 1 atom stereocenters. The van der Waals surface area contributed by atoms with Crippen LogP contribution in [-0.2, 0) is 4.74 Å². The van der Waals surface area contributed by atoms with Gasteiger partial charge in [-0.15, -0.1) is 5.92 Å². The molecule has 2 nitrogen and oxygen atoms in total.